The summed E-state index contributed by atoms with van der Waals surface area (Å²) in [7, 11) is 0. The lowest BCUT2D eigenvalue weighted by Gasteiger charge is -2.34. The molecule has 1 saturated heterocycles. The third kappa shape index (κ3) is 5.91. The van der Waals surface area contributed by atoms with Crippen LogP contribution in [0.2, 0.25) is 10.0 Å². The maximum absolute atomic E-state index is 14.3. The van der Waals surface area contributed by atoms with Gasteiger partial charge in [0.15, 0.2) is 5.69 Å². The molecule has 3 heterocycles. The van der Waals surface area contributed by atoms with E-state index in [4.69, 9.17) is 33.0 Å². The highest BCUT2D eigenvalue weighted by atomic mass is 35.5. The van der Waals surface area contributed by atoms with Crippen molar-refractivity contribution in [1.82, 2.24) is 14.7 Å². The number of rotatable bonds is 5. The van der Waals surface area contributed by atoms with E-state index in [1.807, 2.05) is 75.9 Å². The van der Waals surface area contributed by atoms with Crippen LogP contribution < -0.4 is 4.90 Å². The molecule has 0 aliphatic carbocycles. The minimum absolute atomic E-state index is 0.130. The second-order valence-electron chi connectivity index (χ2n) is 12.9. The third-order valence-corrected chi connectivity index (χ3v) is 8.65. The van der Waals surface area contributed by atoms with Gasteiger partial charge in [-0.15, -0.1) is 0 Å². The van der Waals surface area contributed by atoms with Crippen molar-refractivity contribution in [3.8, 4) is 0 Å². The Balaban J connectivity index is 1.51. The standard InChI is InChI=1S/C33H40Cl2N4O3/c1-19(2)29-27-28(36-38(29)18-22-12-14-37(15-13-22)32(41)42-33(5,6)7)31(40)39(26-17-24(35)9-8-20(26)3)30(27)25-11-10-23(34)16-21(25)4/h8-11,16-17,19,22,30H,12-15,18H2,1-7H3. The average molecular weight is 612 g/mol. The number of benzene rings is 2. The SMILES string of the molecule is Cc1cc(Cl)ccc1C1c2c(nn(CC3CCN(C(=O)OC(C)(C)C)CC3)c2C(C)C)C(=O)N1c1cc(Cl)ccc1C. The van der Waals surface area contributed by atoms with Gasteiger partial charge in [0, 0.05) is 46.6 Å². The molecular weight excluding hydrogens is 571 g/mol. The molecule has 1 fully saturated rings. The number of nitrogens with zero attached hydrogens (tertiary/aromatic N) is 4. The summed E-state index contributed by atoms with van der Waals surface area (Å²) < 4.78 is 7.64. The Kier molecular flexibility index (Phi) is 8.38. The van der Waals surface area contributed by atoms with E-state index in [0.29, 0.717) is 41.3 Å². The van der Waals surface area contributed by atoms with E-state index in [1.165, 1.54) is 0 Å². The molecule has 1 atom stereocenters. The number of hydrogen-bond acceptors (Lipinski definition) is 4. The highest BCUT2D eigenvalue weighted by molar-refractivity contribution is 6.31. The molecule has 3 aromatic rings. The van der Waals surface area contributed by atoms with Gasteiger partial charge < -0.3 is 9.64 Å². The van der Waals surface area contributed by atoms with Crippen molar-refractivity contribution in [1.29, 1.82) is 0 Å². The van der Waals surface area contributed by atoms with Crippen molar-refractivity contribution in [2.75, 3.05) is 18.0 Å². The number of likely N-dealkylation sites (tertiary alicyclic amines) is 1. The smallest absolute Gasteiger partial charge is 0.410 e. The lowest BCUT2D eigenvalue weighted by atomic mass is 9.91. The monoisotopic (exact) mass is 610 g/mol. The number of ether oxygens (including phenoxy) is 1. The highest BCUT2D eigenvalue weighted by Crippen LogP contribution is 2.47. The van der Waals surface area contributed by atoms with Crippen LogP contribution in [0.1, 0.15) is 97.9 Å². The van der Waals surface area contributed by atoms with Crippen molar-refractivity contribution < 1.29 is 14.3 Å². The number of amides is 2. The number of aryl methyl sites for hydroxylation is 2. The summed E-state index contributed by atoms with van der Waals surface area (Å²) >= 11 is 12.8. The van der Waals surface area contributed by atoms with Crippen molar-refractivity contribution in [2.24, 2.45) is 5.92 Å². The normalized spacial score (nSPS) is 17.8. The predicted octanol–water partition coefficient (Wildman–Crippen LogP) is 8.33. The Morgan fingerprint density at radius 2 is 1.67 bits per heavy atom. The fraction of sp³-hybridized carbons (Fsp3) is 0.485. The molecule has 7 nitrogen and oxygen atoms in total. The van der Waals surface area contributed by atoms with Crippen LogP contribution in [0, 0.1) is 19.8 Å². The largest absolute Gasteiger partial charge is 0.444 e. The summed E-state index contributed by atoms with van der Waals surface area (Å²) in [6.07, 6.45) is 1.44. The number of anilines is 1. The highest BCUT2D eigenvalue weighted by Gasteiger charge is 2.45. The third-order valence-electron chi connectivity index (χ3n) is 8.18. The number of carbonyl (C=O) groups excluding carboxylic acids is 2. The van der Waals surface area contributed by atoms with Gasteiger partial charge in [-0.25, -0.2) is 4.79 Å². The second-order valence-corrected chi connectivity index (χ2v) is 13.8. The Bertz CT molecular complexity index is 1520. The van der Waals surface area contributed by atoms with E-state index in [-0.39, 0.29) is 24.0 Å². The fourth-order valence-electron chi connectivity index (χ4n) is 6.23. The molecule has 0 radical (unpaired) electrons. The number of halogens is 2. The average Bonchev–Trinajstić information content (AvgIpc) is 3.39. The van der Waals surface area contributed by atoms with E-state index in [1.54, 1.807) is 4.90 Å². The van der Waals surface area contributed by atoms with Crippen LogP contribution >= 0.6 is 23.2 Å². The van der Waals surface area contributed by atoms with Crippen molar-refractivity contribution in [3.63, 3.8) is 0 Å². The zero-order valence-electron chi connectivity index (χ0n) is 25.5. The minimum Gasteiger partial charge on any atom is -0.444 e. The van der Waals surface area contributed by atoms with Gasteiger partial charge in [0.2, 0.25) is 0 Å². The maximum Gasteiger partial charge on any atom is 0.410 e. The number of fused-ring (bicyclic) bond motifs is 1. The quantitative estimate of drug-likeness (QED) is 0.291. The molecule has 224 valence electrons. The fourth-order valence-corrected chi connectivity index (χ4v) is 6.62. The summed E-state index contributed by atoms with van der Waals surface area (Å²) in [5.74, 6) is 0.333. The maximum atomic E-state index is 14.3. The number of piperidine rings is 1. The van der Waals surface area contributed by atoms with Crippen LogP contribution in [0.15, 0.2) is 36.4 Å². The van der Waals surface area contributed by atoms with Crippen LogP contribution in [0.4, 0.5) is 10.5 Å². The van der Waals surface area contributed by atoms with Gasteiger partial charge in [-0.2, -0.15) is 5.10 Å². The zero-order valence-corrected chi connectivity index (χ0v) is 27.0. The molecule has 2 amide bonds. The number of hydrogen-bond donors (Lipinski definition) is 0. The van der Waals surface area contributed by atoms with Gasteiger partial charge >= 0.3 is 6.09 Å². The first kappa shape index (κ1) is 30.4. The first-order chi connectivity index (χ1) is 19.7. The van der Waals surface area contributed by atoms with Crippen LogP contribution in [0.25, 0.3) is 0 Å². The van der Waals surface area contributed by atoms with Crippen LogP contribution in [-0.4, -0.2) is 45.4 Å². The lowest BCUT2D eigenvalue weighted by molar-refractivity contribution is 0.0176. The first-order valence-electron chi connectivity index (χ1n) is 14.7. The van der Waals surface area contributed by atoms with E-state index in [9.17, 15) is 9.59 Å². The summed E-state index contributed by atoms with van der Waals surface area (Å²) in [6, 6.07) is 11.1. The Hall–Kier alpha value is -3.03. The van der Waals surface area contributed by atoms with Crippen LogP contribution in [-0.2, 0) is 11.3 Å². The lowest BCUT2D eigenvalue weighted by Crippen LogP contribution is -2.42. The van der Waals surface area contributed by atoms with E-state index in [2.05, 4.69) is 18.5 Å². The summed E-state index contributed by atoms with van der Waals surface area (Å²) in [6.45, 7) is 16.0. The molecule has 2 aliphatic heterocycles. The molecule has 0 spiro atoms. The second kappa shape index (κ2) is 11.6. The molecule has 2 aliphatic rings. The molecule has 2 aromatic carbocycles. The van der Waals surface area contributed by atoms with Gasteiger partial charge in [-0.1, -0.05) is 49.2 Å². The zero-order chi connectivity index (χ0) is 30.5. The molecule has 1 unspecified atom stereocenters. The Morgan fingerprint density at radius 3 is 2.29 bits per heavy atom. The molecule has 0 bridgehead atoms. The molecule has 0 saturated carbocycles. The molecule has 5 rings (SSSR count). The van der Waals surface area contributed by atoms with Gasteiger partial charge in [-0.05, 0) is 100 Å². The number of aromatic nitrogens is 2. The molecule has 42 heavy (non-hydrogen) atoms. The first-order valence-corrected chi connectivity index (χ1v) is 15.4. The molecular formula is C33H40Cl2N4O3. The van der Waals surface area contributed by atoms with Gasteiger partial charge in [0.1, 0.15) is 5.60 Å². The predicted molar refractivity (Wildman–Crippen MR) is 168 cm³/mol. The van der Waals surface area contributed by atoms with Gasteiger partial charge in [0.25, 0.3) is 5.91 Å². The van der Waals surface area contributed by atoms with Crippen LogP contribution in [0.3, 0.4) is 0 Å². The van der Waals surface area contributed by atoms with Gasteiger partial charge in [-0.3, -0.25) is 14.4 Å². The summed E-state index contributed by atoms with van der Waals surface area (Å²) in [5.41, 5.74) is 5.75. The topological polar surface area (TPSA) is 67.7 Å². The summed E-state index contributed by atoms with van der Waals surface area (Å²) in [4.78, 5) is 30.5. The molecule has 9 heteroatoms. The molecule has 0 N–H and O–H groups in total. The van der Waals surface area contributed by atoms with Crippen molar-refractivity contribution in [3.05, 3.63) is 80.1 Å². The van der Waals surface area contributed by atoms with Crippen molar-refractivity contribution in [2.45, 2.75) is 85.4 Å². The van der Waals surface area contributed by atoms with E-state index >= 15 is 0 Å². The van der Waals surface area contributed by atoms with Crippen molar-refractivity contribution >= 4 is 40.9 Å². The van der Waals surface area contributed by atoms with E-state index in [0.717, 1.165) is 46.5 Å². The minimum atomic E-state index is -0.515. The molecule has 1 aromatic heterocycles. The Labute approximate surface area is 258 Å². The van der Waals surface area contributed by atoms with Gasteiger partial charge in [0.05, 0.1) is 6.04 Å². The number of carbonyl (C=O) groups is 2. The summed E-state index contributed by atoms with van der Waals surface area (Å²) in [5, 5.41) is 6.23. The van der Waals surface area contributed by atoms with Crippen LogP contribution in [0.5, 0.6) is 0 Å². The van der Waals surface area contributed by atoms with E-state index < -0.39 is 5.60 Å². The Morgan fingerprint density at radius 1 is 1.02 bits per heavy atom.